The minimum absolute atomic E-state index is 0.0389. The van der Waals surface area contributed by atoms with E-state index in [-0.39, 0.29) is 5.54 Å². The topological polar surface area (TPSA) is 50.9 Å². The van der Waals surface area contributed by atoms with Crippen molar-refractivity contribution in [1.82, 2.24) is 10.3 Å². The van der Waals surface area contributed by atoms with Crippen LogP contribution in [0.15, 0.2) is 6.20 Å². The molecular formula is C11H21N3S. The fraction of sp³-hybridized carbons (Fsp3) is 0.727. The van der Waals surface area contributed by atoms with Gasteiger partial charge in [-0.05, 0) is 40.2 Å². The number of aryl methyl sites for hydroxylation is 1. The molecule has 3 nitrogen and oxygen atoms in total. The highest BCUT2D eigenvalue weighted by Gasteiger charge is 2.08. The molecule has 0 bridgehead atoms. The van der Waals surface area contributed by atoms with Crippen LogP contribution in [-0.2, 0) is 6.54 Å². The lowest BCUT2D eigenvalue weighted by molar-refractivity contribution is 0.448. The van der Waals surface area contributed by atoms with Crippen molar-refractivity contribution in [3.8, 4) is 0 Å². The number of hydrogen-bond acceptors (Lipinski definition) is 4. The predicted octanol–water partition coefficient (Wildman–Crippen LogP) is 2.06. The highest BCUT2D eigenvalue weighted by Crippen LogP contribution is 2.11. The molecule has 0 amide bonds. The quantitative estimate of drug-likeness (QED) is 0.731. The monoisotopic (exact) mass is 227 g/mol. The second-order valence-corrected chi connectivity index (χ2v) is 5.93. The van der Waals surface area contributed by atoms with Crippen LogP contribution in [0.4, 0.5) is 0 Å². The first kappa shape index (κ1) is 12.6. The first-order chi connectivity index (χ1) is 6.97. The summed E-state index contributed by atoms with van der Waals surface area (Å²) in [4.78, 5) is 5.52. The Kier molecular flexibility index (Phi) is 4.70. The predicted molar refractivity (Wildman–Crippen MR) is 66.1 cm³/mol. The summed E-state index contributed by atoms with van der Waals surface area (Å²) in [6.45, 7) is 8.12. The van der Waals surface area contributed by atoms with Gasteiger partial charge in [-0.3, -0.25) is 0 Å². The Morgan fingerprint density at radius 2 is 2.27 bits per heavy atom. The number of nitrogens with zero attached hydrogens (tertiary/aromatic N) is 1. The van der Waals surface area contributed by atoms with E-state index in [0.717, 1.165) is 30.9 Å². The minimum Gasteiger partial charge on any atom is -0.326 e. The molecule has 3 N–H and O–H groups in total. The van der Waals surface area contributed by atoms with Crippen LogP contribution < -0.4 is 11.1 Å². The second kappa shape index (κ2) is 5.58. The Hall–Kier alpha value is -0.450. The Balaban J connectivity index is 2.07. The van der Waals surface area contributed by atoms with E-state index in [0.29, 0.717) is 0 Å². The smallest absolute Gasteiger partial charge is 0.0897 e. The number of aromatic nitrogens is 1. The molecule has 0 fully saturated rings. The van der Waals surface area contributed by atoms with E-state index in [1.165, 1.54) is 4.88 Å². The lowest BCUT2D eigenvalue weighted by atomic mass is 10.0. The molecule has 0 saturated heterocycles. The molecule has 86 valence electrons. The summed E-state index contributed by atoms with van der Waals surface area (Å²) in [7, 11) is 0. The molecule has 0 atom stereocenters. The Morgan fingerprint density at radius 1 is 1.53 bits per heavy atom. The van der Waals surface area contributed by atoms with E-state index >= 15 is 0 Å². The summed E-state index contributed by atoms with van der Waals surface area (Å²) in [5.41, 5.74) is 5.86. The zero-order chi connectivity index (χ0) is 11.3. The summed E-state index contributed by atoms with van der Waals surface area (Å²) >= 11 is 1.75. The largest absolute Gasteiger partial charge is 0.326 e. The van der Waals surface area contributed by atoms with Crippen molar-refractivity contribution in [1.29, 1.82) is 0 Å². The van der Waals surface area contributed by atoms with Crippen LogP contribution >= 0.6 is 11.3 Å². The third-order valence-electron chi connectivity index (χ3n) is 2.14. The van der Waals surface area contributed by atoms with Crippen LogP contribution in [0.3, 0.4) is 0 Å². The summed E-state index contributed by atoms with van der Waals surface area (Å²) in [6.07, 6.45) is 4.13. The first-order valence-electron chi connectivity index (χ1n) is 5.38. The molecule has 15 heavy (non-hydrogen) atoms. The van der Waals surface area contributed by atoms with Crippen molar-refractivity contribution < 1.29 is 0 Å². The van der Waals surface area contributed by atoms with Crippen molar-refractivity contribution in [2.24, 2.45) is 5.73 Å². The van der Waals surface area contributed by atoms with Crippen LogP contribution in [0, 0.1) is 6.92 Å². The molecule has 0 aliphatic rings. The number of nitrogens with one attached hydrogen (secondary N) is 1. The molecular weight excluding hydrogens is 206 g/mol. The van der Waals surface area contributed by atoms with Gasteiger partial charge in [0.05, 0.1) is 5.01 Å². The summed E-state index contributed by atoms with van der Waals surface area (Å²) < 4.78 is 0. The van der Waals surface area contributed by atoms with Crippen molar-refractivity contribution in [3.05, 3.63) is 16.1 Å². The Labute approximate surface area is 96.1 Å². The SMILES string of the molecule is Cc1ncc(CNCCCC(C)(C)N)s1. The Bertz CT molecular complexity index is 288. The van der Waals surface area contributed by atoms with Gasteiger partial charge in [0.1, 0.15) is 0 Å². The number of thiazole rings is 1. The average molecular weight is 227 g/mol. The van der Waals surface area contributed by atoms with Gasteiger partial charge < -0.3 is 11.1 Å². The third kappa shape index (κ3) is 5.87. The van der Waals surface area contributed by atoms with E-state index in [1.807, 2.05) is 13.1 Å². The van der Waals surface area contributed by atoms with Gasteiger partial charge in [-0.2, -0.15) is 0 Å². The fourth-order valence-electron chi connectivity index (χ4n) is 1.37. The van der Waals surface area contributed by atoms with Crippen LogP contribution in [0.5, 0.6) is 0 Å². The van der Waals surface area contributed by atoms with Gasteiger partial charge in [-0.1, -0.05) is 0 Å². The zero-order valence-electron chi connectivity index (χ0n) is 9.84. The molecule has 1 rings (SSSR count). The number of rotatable bonds is 6. The second-order valence-electron chi connectivity index (χ2n) is 4.61. The van der Waals surface area contributed by atoms with Crippen molar-refractivity contribution in [2.75, 3.05) is 6.54 Å². The molecule has 1 aromatic heterocycles. The standard InChI is InChI=1S/C11H21N3S/c1-9-14-8-10(15-9)7-13-6-4-5-11(2,3)12/h8,13H,4-7,12H2,1-3H3. The molecule has 0 aliphatic carbocycles. The van der Waals surface area contributed by atoms with Crippen LogP contribution in [-0.4, -0.2) is 17.1 Å². The Morgan fingerprint density at radius 3 is 2.80 bits per heavy atom. The average Bonchev–Trinajstić information content (AvgIpc) is 2.49. The lowest BCUT2D eigenvalue weighted by Gasteiger charge is -2.17. The maximum Gasteiger partial charge on any atom is 0.0897 e. The van der Waals surface area contributed by atoms with Gasteiger partial charge >= 0.3 is 0 Å². The highest BCUT2D eigenvalue weighted by atomic mass is 32.1. The molecule has 1 aromatic rings. The van der Waals surface area contributed by atoms with Gasteiger partial charge in [0, 0.05) is 23.2 Å². The van der Waals surface area contributed by atoms with Gasteiger partial charge in [-0.15, -0.1) is 11.3 Å². The van der Waals surface area contributed by atoms with Gasteiger partial charge in [0.15, 0.2) is 0 Å². The number of hydrogen-bond donors (Lipinski definition) is 2. The third-order valence-corrected chi connectivity index (χ3v) is 3.06. The molecule has 0 spiro atoms. The van der Waals surface area contributed by atoms with Gasteiger partial charge in [0.25, 0.3) is 0 Å². The molecule has 0 saturated carbocycles. The van der Waals surface area contributed by atoms with Crippen LogP contribution in [0.25, 0.3) is 0 Å². The van der Waals surface area contributed by atoms with E-state index in [4.69, 9.17) is 5.73 Å². The van der Waals surface area contributed by atoms with Crippen molar-refractivity contribution >= 4 is 11.3 Å². The lowest BCUT2D eigenvalue weighted by Crippen LogP contribution is -2.32. The fourth-order valence-corrected chi connectivity index (χ4v) is 2.13. The molecule has 0 radical (unpaired) electrons. The van der Waals surface area contributed by atoms with Gasteiger partial charge in [0.2, 0.25) is 0 Å². The van der Waals surface area contributed by atoms with E-state index < -0.39 is 0 Å². The molecule has 4 heteroatoms. The summed E-state index contributed by atoms with van der Waals surface area (Å²) in [6, 6.07) is 0. The molecule has 0 aromatic carbocycles. The van der Waals surface area contributed by atoms with Crippen molar-refractivity contribution in [2.45, 2.75) is 45.7 Å². The van der Waals surface area contributed by atoms with E-state index in [2.05, 4.69) is 24.1 Å². The summed E-state index contributed by atoms with van der Waals surface area (Å²) in [5, 5.41) is 4.54. The van der Waals surface area contributed by atoms with Crippen LogP contribution in [0.1, 0.15) is 36.6 Å². The van der Waals surface area contributed by atoms with E-state index in [9.17, 15) is 0 Å². The van der Waals surface area contributed by atoms with Crippen LogP contribution in [0.2, 0.25) is 0 Å². The maximum absolute atomic E-state index is 5.90. The highest BCUT2D eigenvalue weighted by molar-refractivity contribution is 7.11. The summed E-state index contributed by atoms with van der Waals surface area (Å²) in [5.74, 6) is 0. The molecule has 1 heterocycles. The maximum atomic E-state index is 5.90. The van der Waals surface area contributed by atoms with E-state index in [1.54, 1.807) is 11.3 Å². The molecule has 0 unspecified atom stereocenters. The van der Waals surface area contributed by atoms with Crippen molar-refractivity contribution in [3.63, 3.8) is 0 Å². The molecule has 0 aliphatic heterocycles. The normalized spacial score (nSPS) is 12.0. The first-order valence-corrected chi connectivity index (χ1v) is 6.20. The number of nitrogens with two attached hydrogens (primary N) is 1. The zero-order valence-corrected chi connectivity index (χ0v) is 10.7. The van der Waals surface area contributed by atoms with Gasteiger partial charge in [-0.25, -0.2) is 4.98 Å². The minimum atomic E-state index is -0.0389.